The summed E-state index contributed by atoms with van der Waals surface area (Å²) in [6.07, 6.45) is 4.04. The molecule has 2 atom stereocenters. The van der Waals surface area contributed by atoms with Gasteiger partial charge in [-0.05, 0) is 74.7 Å². The second kappa shape index (κ2) is 21.6. The summed E-state index contributed by atoms with van der Waals surface area (Å²) in [6.45, 7) is 22.5. The van der Waals surface area contributed by atoms with E-state index in [9.17, 15) is 9.59 Å². The van der Waals surface area contributed by atoms with Gasteiger partial charge in [-0.3, -0.25) is 14.4 Å². The lowest BCUT2D eigenvalue weighted by atomic mass is 10.0. The van der Waals surface area contributed by atoms with Crippen LogP contribution in [0, 0.1) is 11.7 Å². The number of fused-ring (bicyclic) bond motifs is 6. The van der Waals surface area contributed by atoms with Crippen LogP contribution >= 0.6 is 22.9 Å². The molecule has 1 aliphatic heterocycles. The molecule has 2 aromatic carbocycles. The molecule has 55 heavy (non-hydrogen) atoms. The average Bonchev–Trinajstić information content (AvgIpc) is 3.92. The fourth-order valence-electron chi connectivity index (χ4n) is 6.52. The monoisotopic (exact) mass is 796 g/mol. The zero-order valence-electron chi connectivity index (χ0n) is 34.0. The van der Waals surface area contributed by atoms with Crippen LogP contribution in [-0.2, 0) is 22.4 Å². The number of rotatable bonds is 12. The third-order valence-electron chi connectivity index (χ3n) is 8.83. The van der Waals surface area contributed by atoms with Crippen molar-refractivity contribution in [3.8, 4) is 17.0 Å². The minimum absolute atomic E-state index is 0.150. The summed E-state index contributed by atoms with van der Waals surface area (Å²) in [4.78, 5) is 37.3. The van der Waals surface area contributed by atoms with Gasteiger partial charge in [0, 0.05) is 46.7 Å². The van der Waals surface area contributed by atoms with Crippen molar-refractivity contribution in [2.24, 2.45) is 10.9 Å². The molecule has 13 heteroatoms. The lowest BCUT2D eigenvalue weighted by molar-refractivity contribution is -0.134. The number of hydrogen-bond acceptors (Lipinski definition) is 8. The van der Waals surface area contributed by atoms with E-state index in [-0.39, 0.29) is 11.8 Å². The van der Waals surface area contributed by atoms with Gasteiger partial charge in [-0.25, -0.2) is 14.2 Å². The number of carbonyl (C=O) groups is 2. The van der Waals surface area contributed by atoms with Crippen LogP contribution in [0.1, 0.15) is 103 Å². The number of ether oxygens (including phenoxy) is 2. The summed E-state index contributed by atoms with van der Waals surface area (Å²) < 4.78 is 29.7. The van der Waals surface area contributed by atoms with Crippen LogP contribution in [-0.4, -0.2) is 66.0 Å². The number of carbonyl (C=O) groups excluding carboxylic acids is 2. The van der Waals surface area contributed by atoms with E-state index in [4.69, 9.17) is 26.1 Å². The van der Waals surface area contributed by atoms with E-state index >= 15 is 4.39 Å². The van der Waals surface area contributed by atoms with Gasteiger partial charge >= 0.3 is 6.09 Å². The maximum atomic E-state index is 16.3. The van der Waals surface area contributed by atoms with Gasteiger partial charge in [0.1, 0.15) is 17.6 Å². The zero-order valence-corrected chi connectivity index (χ0v) is 35.6. The second-order valence-corrected chi connectivity index (χ2v) is 14.1. The largest absolute Gasteiger partial charge is 0.462 e. The molecule has 4 aromatic rings. The molecule has 6 rings (SSSR count). The summed E-state index contributed by atoms with van der Waals surface area (Å²) in [5.41, 5.74) is 4.03. The van der Waals surface area contributed by atoms with Crippen molar-refractivity contribution in [1.82, 2.24) is 25.1 Å². The van der Waals surface area contributed by atoms with Gasteiger partial charge < -0.3 is 25.0 Å². The number of aromatic nitrogens is 2. The van der Waals surface area contributed by atoms with Crippen LogP contribution < -0.4 is 15.4 Å². The van der Waals surface area contributed by atoms with Crippen LogP contribution in [0.25, 0.3) is 27.9 Å². The number of nitrogens with zero attached hydrogens (tertiary/aromatic N) is 4. The molecule has 0 spiro atoms. The fraction of sp³-hybridized carbons (Fsp3) is 0.476. The minimum atomic E-state index is -0.741. The number of halogens is 2. The van der Waals surface area contributed by atoms with E-state index in [2.05, 4.69) is 22.3 Å². The molecule has 2 aliphatic rings. The Balaban J connectivity index is 0.00000129. The molecule has 3 heterocycles. The predicted octanol–water partition coefficient (Wildman–Crippen LogP) is 10.3. The summed E-state index contributed by atoms with van der Waals surface area (Å²) in [5, 5.41) is 8.26. The number of hydrogen-bond donors (Lipinski definition) is 2. The van der Waals surface area contributed by atoms with E-state index in [1.165, 1.54) is 24.3 Å². The Hall–Kier alpha value is -4.42. The summed E-state index contributed by atoms with van der Waals surface area (Å²) in [7, 11) is 1.27. The number of benzene rings is 2. The Morgan fingerprint density at radius 3 is 2.51 bits per heavy atom. The molecule has 1 aliphatic carbocycles. The molecular formula is C42H58ClFN6O4S. The van der Waals surface area contributed by atoms with Crippen molar-refractivity contribution in [1.29, 1.82) is 0 Å². The van der Waals surface area contributed by atoms with Gasteiger partial charge in [-0.2, -0.15) is 0 Å². The van der Waals surface area contributed by atoms with Crippen LogP contribution in [0.2, 0.25) is 5.02 Å². The van der Waals surface area contributed by atoms with Gasteiger partial charge in [0.25, 0.3) is 0 Å². The molecule has 0 radical (unpaired) electrons. The minimum Gasteiger partial charge on any atom is -0.462 e. The molecule has 0 bridgehead atoms. The number of aliphatic imine (C=N–C) groups is 1. The van der Waals surface area contributed by atoms with Crippen LogP contribution in [0.5, 0.6) is 5.75 Å². The van der Waals surface area contributed by atoms with E-state index < -0.39 is 24.2 Å². The standard InChI is InChI=1S/C36H40ClFN6O4S.3C2H6/c1-6-13-43(34(45)32(20(2)3)42-36(46)47-5)14-12-40-26(19-39-4)21-16-24(38)31-28-17-22-15-23(37)10-11-27(22)44(28)35(48-29(31)18-21)33-41-25-8-7-9-30(25)49-33;3*1-2/h10-11,15-20,32,35,40H,4,6-9,12-14H2,1-3,5H3,(H,42,46);3*1-2H3/b26-19-;;;/t32-,35?;;;/m0.../s1. The van der Waals surface area contributed by atoms with Crippen molar-refractivity contribution in [2.45, 2.75) is 100 Å². The third-order valence-corrected chi connectivity index (χ3v) is 10.3. The highest BCUT2D eigenvalue weighted by Gasteiger charge is 2.35. The Labute approximate surface area is 335 Å². The van der Waals surface area contributed by atoms with Crippen molar-refractivity contribution in [2.75, 3.05) is 26.7 Å². The van der Waals surface area contributed by atoms with Gasteiger partial charge in [-0.1, -0.05) is 73.9 Å². The van der Waals surface area contributed by atoms with E-state index in [1.807, 2.05) is 91.1 Å². The number of thiazole rings is 1. The number of alkyl carbamates (subject to hydrolysis) is 1. The summed E-state index contributed by atoms with van der Waals surface area (Å²) >= 11 is 8.01. The maximum Gasteiger partial charge on any atom is 0.407 e. The van der Waals surface area contributed by atoms with E-state index in [0.29, 0.717) is 52.9 Å². The van der Waals surface area contributed by atoms with Crippen LogP contribution in [0.3, 0.4) is 0 Å². The van der Waals surface area contributed by atoms with Gasteiger partial charge in [0.15, 0.2) is 5.01 Å². The number of nitrogens with one attached hydrogen (secondary N) is 2. The van der Waals surface area contributed by atoms with Crippen molar-refractivity contribution >= 4 is 58.3 Å². The first-order chi connectivity index (χ1) is 26.6. The fourth-order valence-corrected chi connectivity index (χ4v) is 7.87. The molecule has 10 nitrogen and oxygen atoms in total. The number of amides is 2. The van der Waals surface area contributed by atoms with E-state index in [0.717, 1.165) is 47.3 Å². The van der Waals surface area contributed by atoms with Crippen molar-refractivity contribution < 1.29 is 23.5 Å². The van der Waals surface area contributed by atoms with Gasteiger partial charge in [0.2, 0.25) is 12.1 Å². The van der Waals surface area contributed by atoms with E-state index in [1.54, 1.807) is 22.3 Å². The number of aryl methyl sites for hydroxylation is 2. The van der Waals surface area contributed by atoms with Crippen LogP contribution in [0.15, 0.2) is 47.6 Å². The molecule has 2 aromatic heterocycles. The van der Waals surface area contributed by atoms with Crippen LogP contribution in [0.4, 0.5) is 9.18 Å². The average molecular weight is 797 g/mol. The highest BCUT2D eigenvalue weighted by molar-refractivity contribution is 7.11. The number of methoxy groups -OCH3 is 1. The van der Waals surface area contributed by atoms with Gasteiger partial charge in [0.05, 0.1) is 35.3 Å². The molecule has 0 fully saturated rings. The first-order valence-corrected chi connectivity index (χ1v) is 20.7. The SMILES string of the molecule is C=N/C=C(\NCCN(CCC)C(=O)[C@@H](NC(=O)OC)C(C)C)c1cc(F)c2c(c1)OC(c1nc3c(s1)CCC3)n1c-2cc2cc(Cl)ccc21.CC.CC.CC. The maximum absolute atomic E-state index is 16.3. The molecule has 2 amide bonds. The lowest BCUT2D eigenvalue weighted by Gasteiger charge is -2.30. The first kappa shape index (κ1) is 45.0. The Morgan fingerprint density at radius 2 is 1.87 bits per heavy atom. The quantitative estimate of drug-likeness (QED) is 0.138. The summed E-state index contributed by atoms with van der Waals surface area (Å²) in [6, 6.07) is 10.1. The molecule has 300 valence electrons. The molecule has 0 saturated heterocycles. The molecule has 2 N–H and O–H groups in total. The highest BCUT2D eigenvalue weighted by atomic mass is 35.5. The topological polar surface area (TPSA) is 110 Å². The Kier molecular flexibility index (Phi) is 17.7. The van der Waals surface area contributed by atoms with Crippen molar-refractivity contribution in [3.05, 3.63) is 74.6 Å². The normalized spacial score (nSPS) is 14.3. The third kappa shape index (κ3) is 10.3. The molecule has 0 saturated carbocycles. The molecular weight excluding hydrogens is 739 g/mol. The highest BCUT2D eigenvalue weighted by Crippen LogP contribution is 2.47. The summed E-state index contributed by atoms with van der Waals surface area (Å²) in [5.74, 6) is -0.441. The lowest BCUT2D eigenvalue weighted by Crippen LogP contribution is -2.52. The first-order valence-electron chi connectivity index (χ1n) is 19.5. The Bertz CT molecular complexity index is 1920. The van der Waals surface area contributed by atoms with Gasteiger partial charge in [-0.15, -0.1) is 11.3 Å². The smallest absolute Gasteiger partial charge is 0.407 e. The second-order valence-electron chi connectivity index (χ2n) is 12.5. The predicted molar refractivity (Wildman–Crippen MR) is 226 cm³/mol. The Morgan fingerprint density at radius 1 is 1.15 bits per heavy atom. The zero-order chi connectivity index (χ0) is 40.8. The van der Waals surface area contributed by atoms with Crippen molar-refractivity contribution in [3.63, 3.8) is 0 Å². The molecule has 1 unspecified atom stereocenters.